The number of alkyl halides is 1. The summed E-state index contributed by atoms with van der Waals surface area (Å²) in [7, 11) is 3.25. The fourth-order valence-corrected chi connectivity index (χ4v) is 3.68. The molecule has 0 aliphatic carbocycles. The van der Waals surface area contributed by atoms with E-state index in [2.05, 4.69) is 15.9 Å². The van der Waals surface area contributed by atoms with E-state index in [1.54, 1.807) is 14.2 Å². The van der Waals surface area contributed by atoms with Crippen LogP contribution in [0, 0.1) is 0 Å². The number of hydrogen-bond donors (Lipinski definition) is 0. The van der Waals surface area contributed by atoms with Crippen molar-refractivity contribution < 1.29 is 9.47 Å². The van der Waals surface area contributed by atoms with Crippen LogP contribution in [0.3, 0.4) is 0 Å². The summed E-state index contributed by atoms with van der Waals surface area (Å²) in [6.45, 7) is 0. The van der Waals surface area contributed by atoms with E-state index >= 15 is 0 Å². The van der Waals surface area contributed by atoms with Crippen molar-refractivity contribution >= 4 is 39.1 Å². The Hall–Kier alpha value is -0.900. The molecule has 0 bridgehead atoms. The molecule has 0 aliphatic rings. The molecule has 106 valence electrons. The van der Waals surface area contributed by atoms with Gasteiger partial charge in [-0.1, -0.05) is 45.2 Å². The molecular weight excluding hydrogens is 363 g/mol. The van der Waals surface area contributed by atoms with Gasteiger partial charge >= 0.3 is 0 Å². The third-order valence-corrected chi connectivity index (χ3v) is 4.57. The smallest absolute Gasteiger partial charge is 0.123 e. The molecule has 2 nitrogen and oxygen atoms in total. The van der Waals surface area contributed by atoms with Crippen LogP contribution in [0.15, 0.2) is 36.4 Å². The van der Waals surface area contributed by atoms with Gasteiger partial charge in [-0.25, -0.2) is 0 Å². The number of hydrogen-bond acceptors (Lipinski definition) is 2. The van der Waals surface area contributed by atoms with Crippen molar-refractivity contribution in [1.82, 2.24) is 0 Å². The lowest BCUT2D eigenvalue weighted by Crippen LogP contribution is -1.99. The second-order valence-electron chi connectivity index (χ2n) is 4.11. The van der Waals surface area contributed by atoms with Gasteiger partial charge in [-0.15, -0.1) is 0 Å². The molecule has 0 N–H and O–H groups in total. The van der Waals surface area contributed by atoms with Crippen LogP contribution in [-0.2, 0) is 0 Å². The molecule has 0 saturated heterocycles. The molecule has 0 spiro atoms. The number of methoxy groups -OCH3 is 2. The van der Waals surface area contributed by atoms with E-state index in [9.17, 15) is 0 Å². The normalized spacial score (nSPS) is 12.1. The molecular formula is C15H13BrCl2O2. The molecule has 0 amide bonds. The highest BCUT2D eigenvalue weighted by molar-refractivity contribution is 9.09. The van der Waals surface area contributed by atoms with Crippen molar-refractivity contribution in [3.63, 3.8) is 0 Å². The van der Waals surface area contributed by atoms with Crippen molar-refractivity contribution in [1.29, 1.82) is 0 Å². The summed E-state index contributed by atoms with van der Waals surface area (Å²) in [5.74, 6) is 1.48. The summed E-state index contributed by atoms with van der Waals surface area (Å²) < 4.78 is 10.7. The van der Waals surface area contributed by atoms with E-state index in [1.807, 2.05) is 36.4 Å². The molecule has 0 aromatic heterocycles. The van der Waals surface area contributed by atoms with E-state index in [0.717, 1.165) is 22.6 Å². The Bertz CT molecular complexity index is 597. The molecule has 0 fully saturated rings. The molecule has 0 saturated carbocycles. The minimum atomic E-state index is -0.186. The second kappa shape index (κ2) is 6.70. The Morgan fingerprint density at radius 3 is 2.20 bits per heavy atom. The van der Waals surface area contributed by atoms with Crippen molar-refractivity contribution in [2.45, 2.75) is 4.83 Å². The molecule has 2 aromatic carbocycles. The molecule has 0 heterocycles. The van der Waals surface area contributed by atoms with Gasteiger partial charge in [-0.05, 0) is 30.3 Å². The monoisotopic (exact) mass is 374 g/mol. The van der Waals surface area contributed by atoms with Gasteiger partial charge in [0.2, 0.25) is 0 Å². The topological polar surface area (TPSA) is 18.5 Å². The zero-order valence-electron chi connectivity index (χ0n) is 11.0. The van der Waals surface area contributed by atoms with Crippen molar-refractivity contribution in [3.8, 4) is 11.5 Å². The number of halogens is 3. The highest BCUT2D eigenvalue weighted by Gasteiger charge is 2.21. The molecule has 1 atom stereocenters. The van der Waals surface area contributed by atoms with E-state index < -0.39 is 0 Å². The zero-order chi connectivity index (χ0) is 14.7. The summed E-state index contributed by atoms with van der Waals surface area (Å²) >= 11 is 16.2. The molecule has 0 radical (unpaired) electrons. The molecule has 1 unspecified atom stereocenters. The van der Waals surface area contributed by atoms with Crippen LogP contribution in [0.5, 0.6) is 11.5 Å². The van der Waals surface area contributed by atoms with Crippen LogP contribution in [0.1, 0.15) is 16.0 Å². The first kappa shape index (κ1) is 15.5. The molecule has 0 aliphatic heterocycles. The Morgan fingerprint density at radius 1 is 1.00 bits per heavy atom. The third kappa shape index (κ3) is 3.05. The van der Waals surface area contributed by atoms with Crippen molar-refractivity contribution in [2.24, 2.45) is 0 Å². The molecule has 5 heteroatoms. The first-order chi connectivity index (χ1) is 9.58. The SMILES string of the molecule is COc1ccc(OC)c(C(Br)c2c(Cl)cccc2Cl)c1. The van der Waals surface area contributed by atoms with Gasteiger partial charge in [0.25, 0.3) is 0 Å². The van der Waals surface area contributed by atoms with Crippen molar-refractivity contribution in [3.05, 3.63) is 57.6 Å². The predicted molar refractivity (Wildman–Crippen MR) is 86.8 cm³/mol. The fourth-order valence-electron chi connectivity index (χ4n) is 1.95. The van der Waals surface area contributed by atoms with Crippen LogP contribution in [0.25, 0.3) is 0 Å². The van der Waals surface area contributed by atoms with Crippen LogP contribution in [0.4, 0.5) is 0 Å². The Kier molecular flexibility index (Phi) is 5.19. The minimum Gasteiger partial charge on any atom is -0.497 e. The lowest BCUT2D eigenvalue weighted by atomic mass is 10.0. The molecule has 2 rings (SSSR count). The first-order valence-electron chi connectivity index (χ1n) is 5.88. The quantitative estimate of drug-likeness (QED) is 0.657. The predicted octanol–water partition coefficient (Wildman–Crippen LogP) is 5.49. The van der Waals surface area contributed by atoms with Gasteiger partial charge in [-0.3, -0.25) is 0 Å². The summed E-state index contributed by atoms with van der Waals surface area (Å²) in [4.78, 5) is -0.186. The number of ether oxygens (including phenoxy) is 2. The Labute approximate surface area is 136 Å². The van der Waals surface area contributed by atoms with Crippen molar-refractivity contribution in [2.75, 3.05) is 14.2 Å². The highest BCUT2D eigenvalue weighted by atomic mass is 79.9. The van der Waals surface area contributed by atoms with Crippen LogP contribution in [0.2, 0.25) is 10.0 Å². The van der Waals surface area contributed by atoms with Gasteiger partial charge in [0.05, 0.1) is 19.0 Å². The zero-order valence-corrected chi connectivity index (χ0v) is 14.1. The van der Waals surface area contributed by atoms with Gasteiger partial charge in [-0.2, -0.15) is 0 Å². The summed E-state index contributed by atoms with van der Waals surface area (Å²) in [5, 5.41) is 1.20. The van der Waals surface area contributed by atoms with E-state index in [0.29, 0.717) is 10.0 Å². The maximum Gasteiger partial charge on any atom is 0.123 e. The van der Waals surface area contributed by atoms with Crippen LogP contribution >= 0.6 is 39.1 Å². The average Bonchev–Trinajstić information content (AvgIpc) is 2.46. The van der Waals surface area contributed by atoms with E-state index in [1.165, 1.54) is 0 Å². The average molecular weight is 376 g/mol. The Balaban J connectivity index is 2.55. The fraction of sp³-hybridized carbons (Fsp3) is 0.200. The molecule has 2 aromatic rings. The summed E-state index contributed by atoms with van der Waals surface area (Å²) in [5.41, 5.74) is 1.71. The lowest BCUT2D eigenvalue weighted by Gasteiger charge is -2.18. The second-order valence-corrected chi connectivity index (χ2v) is 5.84. The van der Waals surface area contributed by atoms with E-state index in [4.69, 9.17) is 32.7 Å². The van der Waals surface area contributed by atoms with Crippen LogP contribution in [-0.4, -0.2) is 14.2 Å². The largest absolute Gasteiger partial charge is 0.497 e. The number of rotatable bonds is 4. The summed E-state index contributed by atoms with van der Waals surface area (Å²) in [6.07, 6.45) is 0. The van der Waals surface area contributed by atoms with Crippen LogP contribution < -0.4 is 9.47 Å². The van der Waals surface area contributed by atoms with Gasteiger partial charge in [0.15, 0.2) is 0 Å². The molecule has 20 heavy (non-hydrogen) atoms. The van der Waals surface area contributed by atoms with Gasteiger partial charge < -0.3 is 9.47 Å². The standard InChI is InChI=1S/C15H13BrCl2O2/c1-19-9-6-7-13(20-2)10(8-9)15(16)14-11(17)4-3-5-12(14)18/h3-8,15H,1-2H3. The first-order valence-corrected chi connectivity index (χ1v) is 7.55. The highest BCUT2D eigenvalue weighted by Crippen LogP contribution is 2.43. The van der Waals surface area contributed by atoms with Gasteiger partial charge in [0, 0.05) is 21.2 Å². The Morgan fingerprint density at radius 2 is 1.65 bits per heavy atom. The minimum absolute atomic E-state index is 0.186. The van der Waals surface area contributed by atoms with Gasteiger partial charge in [0.1, 0.15) is 11.5 Å². The van der Waals surface area contributed by atoms with E-state index in [-0.39, 0.29) is 4.83 Å². The maximum atomic E-state index is 6.26. The third-order valence-electron chi connectivity index (χ3n) is 2.96. The number of benzene rings is 2. The maximum absolute atomic E-state index is 6.26. The lowest BCUT2D eigenvalue weighted by molar-refractivity contribution is 0.399. The summed E-state index contributed by atoms with van der Waals surface area (Å²) in [6, 6.07) is 11.0.